The van der Waals surface area contributed by atoms with Gasteiger partial charge in [-0.25, -0.2) is 8.78 Å². The zero-order valence-corrected chi connectivity index (χ0v) is 14.1. The van der Waals surface area contributed by atoms with Crippen molar-refractivity contribution >= 4 is 17.5 Å². The zero-order valence-electron chi connectivity index (χ0n) is 14.1. The summed E-state index contributed by atoms with van der Waals surface area (Å²) in [6.07, 6.45) is 0.857. The molecule has 0 saturated heterocycles. The highest BCUT2D eigenvalue weighted by Crippen LogP contribution is 2.16. The average molecular weight is 346 g/mol. The molecule has 2 N–H and O–H groups in total. The van der Waals surface area contributed by atoms with Crippen molar-refractivity contribution < 1.29 is 18.4 Å². The van der Waals surface area contributed by atoms with Gasteiger partial charge in [-0.1, -0.05) is 19.9 Å². The fraction of sp³-hybridized carbons (Fsp3) is 0.263. The second-order valence-electron chi connectivity index (χ2n) is 6.10. The highest BCUT2D eigenvalue weighted by molar-refractivity contribution is 6.06. The molecule has 0 aromatic heterocycles. The Morgan fingerprint density at radius 2 is 1.68 bits per heavy atom. The standard InChI is InChI=1S/C19H20F2N2O2/c1-12(2)8-9-22-18(24)13-4-3-5-14(10-13)19(25)23-17-7-6-15(20)11-16(17)21/h3-7,10-12H,8-9H2,1-2H3,(H,22,24)(H,23,25). The monoisotopic (exact) mass is 346 g/mol. The van der Waals surface area contributed by atoms with Crippen molar-refractivity contribution in [1.82, 2.24) is 5.32 Å². The van der Waals surface area contributed by atoms with Crippen LogP contribution in [0.25, 0.3) is 0 Å². The number of carbonyl (C=O) groups is 2. The minimum Gasteiger partial charge on any atom is -0.352 e. The molecule has 0 bridgehead atoms. The van der Waals surface area contributed by atoms with Gasteiger partial charge in [0, 0.05) is 23.7 Å². The third kappa shape index (κ3) is 5.38. The van der Waals surface area contributed by atoms with Crippen molar-refractivity contribution in [2.24, 2.45) is 5.92 Å². The fourth-order valence-electron chi connectivity index (χ4n) is 2.16. The Hall–Kier alpha value is -2.76. The molecule has 2 aromatic carbocycles. The first-order valence-corrected chi connectivity index (χ1v) is 8.01. The summed E-state index contributed by atoms with van der Waals surface area (Å²) in [5.74, 6) is -1.97. The number of rotatable bonds is 6. The van der Waals surface area contributed by atoms with E-state index in [-0.39, 0.29) is 17.2 Å². The molecular formula is C19H20F2N2O2. The summed E-state index contributed by atoms with van der Waals surface area (Å²) in [6.45, 7) is 4.67. The SMILES string of the molecule is CC(C)CCNC(=O)c1cccc(C(=O)Nc2ccc(F)cc2F)c1. The maximum atomic E-state index is 13.6. The van der Waals surface area contributed by atoms with Crippen LogP contribution in [0.4, 0.5) is 14.5 Å². The van der Waals surface area contributed by atoms with Gasteiger partial charge in [-0.2, -0.15) is 0 Å². The van der Waals surface area contributed by atoms with Crippen LogP contribution in [0.15, 0.2) is 42.5 Å². The van der Waals surface area contributed by atoms with Gasteiger partial charge in [-0.15, -0.1) is 0 Å². The Morgan fingerprint density at radius 3 is 2.32 bits per heavy atom. The van der Waals surface area contributed by atoms with E-state index in [1.54, 1.807) is 12.1 Å². The third-order valence-electron chi connectivity index (χ3n) is 3.57. The van der Waals surface area contributed by atoms with Crippen LogP contribution in [0.3, 0.4) is 0 Å². The molecule has 0 spiro atoms. The van der Waals surface area contributed by atoms with Crippen LogP contribution in [0.5, 0.6) is 0 Å². The molecule has 0 heterocycles. The Labute approximate surface area is 145 Å². The lowest BCUT2D eigenvalue weighted by Crippen LogP contribution is -2.25. The quantitative estimate of drug-likeness (QED) is 0.831. The molecule has 0 aliphatic carbocycles. The molecule has 0 fully saturated rings. The molecule has 6 heteroatoms. The van der Waals surface area contributed by atoms with Crippen molar-refractivity contribution in [3.05, 3.63) is 65.2 Å². The van der Waals surface area contributed by atoms with Gasteiger partial charge in [0.2, 0.25) is 0 Å². The normalized spacial score (nSPS) is 10.6. The summed E-state index contributed by atoms with van der Waals surface area (Å²) in [7, 11) is 0. The van der Waals surface area contributed by atoms with E-state index in [4.69, 9.17) is 0 Å². The number of nitrogens with one attached hydrogen (secondary N) is 2. The van der Waals surface area contributed by atoms with Crippen molar-refractivity contribution in [2.45, 2.75) is 20.3 Å². The minimum absolute atomic E-state index is 0.127. The number of benzene rings is 2. The number of amides is 2. The lowest BCUT2D eigenvalue weighted by atomic mass is 10.1. The van der Waals surface area contributed by atoms with Gasteiger partial charge in [0.1, 0.15) is 11.6 Å². The van der Waals surface area contributed by atoms with E-state index >= 15 is 0 Å². The molecule has 0 aliphatic heterocycles. The summed E-state index contributed by atoms with van der Waals surface area (Å²) in [6, 6.07) is 9.01. The Morgan fingerprint density at radius 1 is 1.00 bits per heavy atom. The Bertz CT molecular complexity index is 776. The van der Waals surface area contributed by atoms with E-state index in [9.17, 15) is 18.4 Å². The predicted molar refractivity (Wildman–Crippen MR) is 92.5 cm³/mol. The van der Waals surface area contributed by atoms with Gasteiger partial charge >= 0.3 is 0 Å². The summed E-state index contributed by atoms with van der Waals surface area (Å²) < 4.78 is 26.5. The summed E-state index contributed by atoms with van der Waals surface area (Å²) in [4.78, 5) is 24.3. The second kappa shape index (κ2) is 8.37. The first-order chi connectivity index (χ1) is 11.9. The van der Waals surface area contributed by atoms with Crippen LogP contribution >= 0.6 is 0 Å². The number of halogens is 2. The Balaban J connectivity index is 2.06. The van der Waals surface area contributed by atoms with Gasteiger partial charge in [-0.3, -0.25) is 9.59 Å². The second-order valence-corrected chi connectivity index (χ2v) is 6.10. The van der Waals surface area contributed by atoms with E-state index in [0.717, 1.165) is 18.6 Å². The number of hydrogen-bond donors (Lipinski definition) is 2. The fourth-order valence-corrected chi connectivity index (χ4v) is 2.16. The van der Waals surface area contributed by atoms with Crippen LogP contribution in [0.1, 0.15) is 41.0 Å². The predicted octanol–water partition coefficient (Wildman–Crippen LogP) is 3.99. The van der Waals surface area contributed by atoms with Crippen LogP contribution < -0.4 is 10.6 Å². The van der Waals surface area contributed by atoms with E-state index in [2.05, 4.69) is 24.5 Å². The maximum Gasteiger partial charge on any atom is 0.255 e. The maximum absolute atomic E-state index is 13.6. The largest absolute Gasteiger partial charge is 0.352 e. The molecule has 0 atom stereocenters. The minimum atomic E-state index is -0.865. The molecule has 2 amide bonds. The molecule has 0 unspecified atom stereocenters. The van der Waals surface area contributed by atoms with Crippen molar-refractivity contribution in [3.63, 3.8) is 0 Å². The van der Waals surface area contributed by atoms with E-state index in [0.29, 0.717) is 24.1 Å². The van der Waals surface area contributed by atoms with Crippen LogP contribution in [0.2, 0.25) is 0 Å². The average Bonchev–Trinajstić information content (AvgIpc) is 2.57. The molecule has 2 rings (SSSR count). The molecule has 0 aliphatic rings. The van der Waals surface area contributed by atoms with E-state index in [1.807, 2.05) is 0 Å². The molecule has 0 radical (unpaired) electrons. The summed E-state index contributed by atoms with van der Waals surface area (Å²) in [5, 5.41) is 5.15. The lowest BCUT2D eigenvalue weighted by molar-refractivity contribution is 0.0952. The van der Waals surface area contributed by atoms with Crippen LogP contribution in [-0.4, -0.2) is 18.4 Å². The third-order valence-corrected chi connectivity index (χ3v) is 3.57. The highest BCUT2D eigenvalue weighted by Gasteiger charge is 2.13. The number of anilines is 1. The summed E-state index contributed by atoms with van der Waals surface area (Å²) >= 11 is 0. The first kappa shape index (κ1) is 18.6. The van der Waals surface area contributed by atoms with Crippen LogP contribution in [-0.2, 0) is 0 Å². The Kier molecular flexibility index (Phi) is 6.22. The van der Waals surface area contributed by atoms with Gasteiger partial charge in [0.05, 0.1) is 5.69 Å². The molecule has 4 nitrogen and oxygen atoms in total. The highest BCUT2D eigenvalue weighted by atomic mass is 19.1. The number of carbonyl (C=O) groups excluding carboxylic acids is 2. The summed E-state index contributed by atoms with van der Waals surface area (Å²) in [5.41, 5.74) is 0.425. The smallest absolute Gasteiger partial charge is 0.255 e. The van der Waals surface area contributed by atoms with E-state index in [1.165, 1.54) is 12.1 Å². The number of hydrogen-bond acceptors (Lipinski definition) is 2. The topological polar surface area (TPSA) is 58.2 Å². The van der Waals surface area contributed by atoms with E-state index < -0.39 is 17.5 Å². The molecule has 0 saturated carbocycles. The van der Waals surface area contributed by atoms with Gasteiger partial charge in [0.25, 0.3) is 11.8 Å². The molecule has 2 aromatic rings. The molecule has 132 valence electrons. The molecule has 25 heavy (non-hydrogen) atoms. The van der Waals surface area contributed by atoms with Crippen molar-refractivity contribution in [3.8, 4) is 0 Å². The lowest BCUT2D eigenvalue weighted by Gasteiger charge is -2.09. The van der Waals surface area contributed by atoms with Gasteiger partial charge in [0.15, 0.2) is 0 Å². The zero-order chi connectivity index (χ0) is 18.4. The van der Waals surface area contributed by atoms with Crippen molar-refractivity contribution in [2.75, 3.05) is 11.9 Å². The van der Waals surface area contributed by atoms with Crippen molar-refractivity contribution in [1.29, 1.82) is 0 Å². The van der Waals surface area contributed by atoms with Gasteiger partial charge in [-0.05, 0) is 42.7 Å². The van der Waals surface area contributed by atoms with Gasteiger partial charge < -0.3 is 10.6 Å². The van der Waals surface area contributed by atoms with Crippen LogP contribution in [0, 0.1) is 17.6 Å². The first-order valence-electron chi connectivity index (χ1n) is 8.01. The molecular weight excluding hydrogens is 326 g/mol.